The van der Waals surface area contributed by atoms with E-state index in [1.807, 2.05) is 49.4 Å². The number of likely N-dealkylation sites (tertiary alicyclic amines) is 1. The minimum absolute atomic E-state index is 0.0144. The van der Waals surface area contributed by atoms with E-state index in [1.165, 1.54) is 42.5 Å². The molecule has 0 unspecified atom stereocenters. The van der Waals surface area contributed by atoms with Crippen molar-refractivity contribution in [2.45, 2.75) is 183 Å². The summed E-state index contributed by atoms with van der Waals surface area (Å²) >= 11 is 0. The Morgan fingerprint density at radius 2 is 1.31 bits per heavy atom. The lowest BCUT2D eigenvalue weighted by Crippen LogP contribution is -2.67. The number of benzene rings is 4. The predicted molar refractivity (Wildman–Crippen MR) is 394 cm³/mol. The molecule has 6 rings (SSSR count). The van der Waals surface area contributed by atoms with Crippen molar-refractivity contribution in [3.8, 4) is 16.9 Å². The van der Waals surface area contributed by atoms with E-state index in [0.717, 1.165) is 56.2 Å². The van der Waals surface area contributed by atoms with Crippen LogP contribution in [-0.2, 0) is 99.2 Å². The van der Waals surface area contributed by atoms with Crippen molar-refractivity contribution >= 4 is 83.0 Å². The largest absolute Gasteiger partial charge is 0.497 e. The molecule has 2 heterocycles. The van der Waals surface area contributed by atoms with E-state index in [-0.39, 0.29) is 44.2 Å². The molecule has 12 atom stereocenters. The molecule has 0 bridgehead atoms. The van der Waals surface area contributed by atoms with Gasteiger partial charge in [0.2, 0.25) is 65.0 Å². The summed E-state index contributed by atoms with van der Waals surface area (Å²) < 4.78 is 25.6. The number of halogens is 1. The van der Waals surface area contributed by atoms with Crippen LogP contribution in [0.25, 0.3) is 11.1 Å². The SMILES string of the molecule is CCc1cc(OC)ccc1-c1ccc(C[C@H](NC(=O)[C@H](CC(=O)O)NC(=O)[C@H](CO)NC(=O)[C@@H](NC(=O)[C@](C)(Cc2ccccc2F)NC(=O)[C@@H](NC(=O)CNC(=O)[C@H](CCC(=O)O)NC(=O)[C@]2(C)CCCN2C(=O)[C@H](Cc2c[nH]cn2)NC(=O)OC)[C@@H](C)O)[C@@H](C)O)C(=O)N[C@@H](CCCc2ccccc2)C(N)=O)cc1. The van der Waals surface area contributed by atoms with Gasteiger partial charge in [-0.05, 0) is 124 Å². The average molecular weight is 1550 g/mol. The van der Waals surface area contributed by atoms with E-state index in [1.54, 1.807) is 37.4 Å². The Labute approximate surface area is 638 Å². The van der Waals surface area contributed by atoms with E-state index in [0.29, 0.717) is 36.3 Å². The van der Waals surface area contributed by atoms with Gasteiger partial charge in [0.1, 0.15) is 71.0 Å². The second kappa shape index (κ2) is 41.6. The highest BCUT2D eigenvalue weighted by Crippen LogP contribution is 2.32. The van der Waals surface area contributed by atoms with Crippen molar-refractivity contribution in [2.24, 2.45) is 5.73 Å². The molecular formula is C75H97FN14O21. The van der Waals surface area contributed by atoms with Gasteiger partial charge in [0.15, 0.2) is 0 Å². The molecule has 0 radical (unpaired) electrons. The molecule has 1 aliphatic rings. The van der Waals surface area contributed by atoms with Crippen molar-refractivity contribution in [3.05, 3.63) is 143 Å². The Morgan fingerprint density at radius 1 is 0.676 bits per heavy atom. The Bertz CT molecular complexity index is 4110. The number of aromatic amines is 1. The van der Waals surface area contributed by atoms with Gasteiger partial charge in [0.25, 0.3) is 0 Å². The number of rotatable bonds is 42. The zero-order valence-electron chi connectivity index (χ0n) is 62.4. The molecule has 111 heavy (non-hydrogen) atoms. The van der Waals surface area contributed by atoms with Crippen molar-refractivity contribution in [3.63, 3.8) is 0 Å². The van der Waals surface area contributed by atoms with Crippen LogP contribution in [-0.4, -0.2) is 229 Å². The molecule has 0 spiro atoms. The van der Waals surface area contributed by atoms with Gasteiger partial charge in [0, 0.05) is 38.4 Å². The first-order valence-electron chi connectivity index (χ1n) is 35.7. The number of carboxylic acids is 2. The quantitative estimate of drug-likeness (QED) is 0.0221. The predicted octanol–water partition coefficient (Wildman–Crippen LogP) is -1.09. The minimum atomic E-state index is -2.44. The molecule has 35 nitrogen and oxygen atoms in total. The first-order chi connectivity index (χ1) is 52.6. The summed E-state index contributed by atoms with van der Waals surface area (Å²) in [6, 6.07) is 12.5. The number of ether oxygens (including phenoxy) is 2. The van der Waals surface area contributed by atoms with Crippen LogP contribution < -0.4 is 63.6 Å². The van der Waals surface area contributed by atoms with Gasteiger partial charge in [-0.2, -0.15) is 0 Å². The molecule has 1 aromatic heterocycles. The van der Waals surface area contributed by atoms with Crippen LogP contribution in [0.1, 0.15) is 108 Å². The average Bonchev–Trinajstić information content (AvgIpc) is 1.68. The first-order valence-corrected chi connectivity index (χ1v) is 35.7. The molecular weight excluding hydrogens is 1450 g/mol. The summed E-state index contributed by atoms with van der Waals surface area (Å²) in [5.74, 6) is -15.9. The summed E-state index contributed by atoms with van der Waals surface area (Å²) in [5.41, 5.74) is 5.84. The number of aromatic nitrogens is 2. The van der Waals surface area contributed by atoms with E-state index >= 15 is 4.39 Å². The number of nitrogens with zero attached hydrogens (tertiary/aromatic N) is 2. The Balaban J connectivity index is 1.16. The number of carboxylic acid groups (broad SMARTS) is 2. The van der Waals surface area contributed by atoms with Gasteiger partial charge < -0.3 is 104 Å². The maximum Gasteiger partial charge on any atom is 0.407 e. The Morgan fingerprint density at radius 3 is 1.91 bits per heavy atom. The molecule has 12 amide bonds. The number of alkyl carbamates (subject to hydrolysis) is 1. The third-order valence-electron chi connectivity index (χ3n) is 18.7. The molecule has 4 aromatic carbocycles. The lowest BCUT2D eigenvalue weighted by atomic mass is 9.90. The van der Waals surface area contributed by atoms with Gasteiger partial charge in [-0.15, -0.1) is 0 Å². The molecule has 0 saturated carbocycles. The van der Waals surface area contributed by atoms with Crippen LogP contribution in [0, 0.1) is 5.82 Å². The van der Waals surface area contributed by atoms with Gasteiger partial charge in [-0.1, -0.05) is 85.8 Å². The monoisotopic (exact) mass is 1550 g/mol. The van der Waals surface area contributed by atoms with Crippen molar-refractivity contribution in [1.29, 1.82) is 0 Å². The fourth-order valence-electron chi connectivity index (χ4n) is 12.4. The second-order valence-electron chi connectivity index (χ2n) is 27.1. The zero-order valence-corrected chi connectivity index (χ0v) is 62.4. The number of hydrogen-bond acceptors (Lipinski definition) is 20. The van der Waals surface area contributed by atoms with Crippen LogP contribution in [0.4, 0.5) is 9.18 Å². The van der Waals surface area contributed by atoms with Crippen LogP contribution >= 0.6 is 0 Å². The Hall–Kier alpha value is -11.9. The standard InChI is InChI=1S/C75H97FN14O21/c1-8-45-33-49(110-6)26-27-50(45)46-24-22-44(23-25-46)32-54(65(101)81-52(63(77)99)21-14-18-43-16-10-9-11-17-43)82-66(102)55(35-60(97)98)83-67(103)57(39-91)84-68(104)61(41(2)92)88-71(107)74(4,36-47-19-12-13-20-51(47)76)89-69(105)62(42(3)93)87-58(94)38-79-64(100)53(28-29-59(95)96)85-72(108)75(5)30-15-31-90(75)70(106)56(86-73(109)111-7)34-48-37-78-40-80-48/h9-13,16-17,19-20,22-27,33,37,40-42,52-57,61-62,91-93H,8,14-15,18,21,28-32,34-36,38-39H2,1-7H3,(H2,77,99)(H,78,80)(H,79,100)(H,81,101)(H,82,102)(H,83,103)(H,84,104)(H,85,108)(H,86,109)(H,87,94)(H,88,107)(H,89,105)(H,95,96)(H,97,98)/t41-,42-,52+,53+,54+,55+,56+,57+,61+,62+,74+,75+/m1/s1. The van der Waals surface area contributed by atoms with Crippen molar-refractivity contribution < 1.29 is 107 Å². The van der Waals surface area contributed by atoms with Gasteiger partial charge >= 0.3 is 18.0 Å². The lowest BCUT2D eigenvalue weighted by Gasteiger charge is -2.37. The third kappa shape index (κ3) is 25.6. The highest BCUT2D eigenvalue weighted by molar-refractivity contribution is 6.01. The van der Waals surface area contributed by atoms with Crippen LogP contribution in [0.5, 0.6) is 5.75 Å². The number of aliphatic carboxylic acids is 2. The van der Waals surface area contributed by atoms with Gasteiger partial charge in [0.05, 0.1) is 58.0 Å². The normalized spacial score (nSPS) is 16.4. The fraction of sp³-hybridized carbons (Fsp3) is 0.453. The van der Waals surface area contributed by atoms with Crippen molar-refractivity contribution in [2.75, 3.05) is 33.9 Å². The first kappa shape index (κ1) is 88.0. The number of aryl methyl sites for hydroxylation is 2. The number of carbonyl (C=O) groups excluding carboxylic acids is 12. The number of carbonyl (C=O) groups is 14. The summed E-state index contributed by atoms with van der Waals surface area (Å²) in [5, 5.41) is 75.5. The number of hydrogen-bond donors (Lipinski definition) is 17. The summed E-state index contributed by atoms with van der Waals surface area (Å²) in [7, 11) is 2.63. The topological polar surface area (TPSA) is 537 Å². The molecule has 0 aliphatic carbocycles. The Kier molecular flexibility index (Phi) is 33.0. The van der Waals surface area contributed by atoms with Crippen LogP contribution in [0.15, 0.2) is 110 Å². The zero-order chi connectivity index (χ0) is 81.9. The van der Waals surface area contributed by atoms with Crippen LogP contribution in [0.3, 0.4) is 0 Å². The highest BCUT2D eigenvalue weighted by atomic mass is 19.1. The molecule has 600 valence electrons. The van der Waals surface area contributed by atoms with Gasteiger partial charge in [-0.3, -0.25) is 62.3 Å². The second-order valence-corrected chi connectivity index (χ2v) is 27.1. The van der Waals surface area contributed by atoms with Crippen molar-refractivity contribution in [1.82, 2.24) is 68.0 Å². The third-order valence-corrected chi connectivity index (χ3v) is 18.7. The molecule has 18 N–H and O–H groups in total. The number of aliphatic hydroxyl groups excluding tert-OH is 3. The molecule has 5 aromatic rings. The highest BCUT2D eigenvalue weighted by Gasteiger charge is 2.49. The summed E-state index contributed by atoms with van der Waals surface area (Å²) in [6.45, 7) is 4.16. The number of amides is 12. The molecule has 1 fully saturated rings. The van der Waals surface area contributed by atoms with E-state index in [9.17, 15) is 92.7 Å². The fourth-order valence-corrected chi connectivity index (χ4v) is 12.4. The van der Waals surface area contributed by atoms with E-state index in [2.05, 4.69) is 63.1 Å². The maximum atomic E-state index is 15.5. The van der Waals surface area contributed by atoms with Gasteiger partial charge in [-0.25, -0.2) is 14.2 Å². The number of primary amides is 1. The number of methoxy groups -OCH3 is 2. The summed E-state index contributed by atoms with van der Waals surface area (Å²) in [4.78, 5) is 199. The van der Waals surface area contributed by atoms with E-state index < -0.39 is 199 Å². The molecule has 36 heteroatoms. The number of imidazole rings is 1. The molecule has 1 aliphatic heterocycles. The number of aliphatic hydroxyl groups is 3. The van der Waals surface area contributed by atoms with Crippen LogP contribution in [0.2, 0.25) is 0 Å². The lowest BCUT2D eigenvalue weighted by molar-refractivity contribution is -0.146. The maximum absolute atomic E-state index is 15.5. The smallest absolute Gasteiger partial charge is 0.407 e. The summed E-state index contributed by atoms with van der Waals surface area (Å²) in [6.07, 6.45) is -3.50. The number of nitrogens with two attached hydrogens (primary N) is 1. The number of nitrogens with one attached hydrogen (secondary N) is 11. The number of H-pyrrole nitrogens is 1. The van der Waals surface area contributed by atoms with E-state index in [4.69, 9.17) is 15.2 Å². The molecule has 1 saturated heterocycles. The minimum Gasteiger partial charge on any atom is -0.497 e.